The minimum atomic E-state index is -1.47. The summed E-state index contributed by atoms with van der Waals surface area (Å²) in [5.74, 6) is -2.02. The molecule has 1 aliphatic heterocycles. The number of amides is 1. The smallest absolute Gasteiger partial charge is 0.227 e. The molecule has 2 bridgehead atoms. The van der Waals surface area contributed by atoms with Crippen LogP contribution in [0.1, 0.15) is 56.6 Å². The van der Waals surface area contributed by atoms with Crippen LogP contribution in [0.25, 0.3) is 28.3 Å². The highest BCUT2D eigenvalue weighted by atomic mass is 35.5. The van der Waals surface area contributed by atoms with Gasteiger partial charge < -0.3 is 9.73 Å². The molecule has 0 aliphatic carbocycles. The van der Waals surface area contributed by atoms with E-state index in [9.17, 15) is 14.0 Å². The van der Waals surface area contributed by atoms with Crippen LogP contribution < -0.4 is 10.7 Å². The lowest BCUT2D eigenvalue weighted by atomic mass is 9.88. The fourth-order valence-electron chi connectivity index (χ4n) is 5.41. The number of nitrogens with one attached hydrogen (secondary N) is 1. The predicted molar refractivity (Wildman–Crippen MR) is 160 cm³/mol. The van der Waals surface area contributed by atoms with Gasteiger partial charge in [0.25, 0.3) is 0 Å². The SMILES string of the molecule is CC(F)n1ncc2c1-c1ccnc(c1)[C@H](c1coc(-c3c(-n4cc(Cl)nn4)ccc(Cl)c3F)cc1=O)CCC[C@@H](C)C(=O)N2. The van der Waals surface area contributed by atoms with Crippen molar-refractivity contribution in [3.05, 3.63) is 92.7 Å². The Morgan fingerprint density at radius 2 is 1.98 bits per heavy atom. The van der Waals surface area contributed by atoms with Crippen molar-refractivity contribution in [2.24, 2.45) is 5.92 Å². The van der Waals surface area contributed by atoms with Gasteiger partial charge in [-0.3, -0.25) is 14.6 Å². The van der Waals surface area contributed by atoms with Crippen LogP contribution >= 0.6 is 23.2 Å². The van der Waals surface area contributed by atoms with Gasteiger partial charge in [-0.2, -0.15) is 5.10 Å². The van der Waals surface area contributed by atoms with Gasteiger partial charge in [-0.15, -0.1) is 5.10 Å². The van der Waals surface area contributed by atoms with Gasteiger partial charge in [0.15, 0.2) is 22.7 Å². The number of pyridine rings is 1. The Morgan fingerprint density at radius 1 is 1.16 bits per heavy atom. The van der Waals surface area contributed by atoms with Crippen LogP contribution in [0.3, 0.4) is 0 Å². The molecule has 0 saturated heterocycles. The second kappa shape index (κ2) is 11.9. The van der Waals surface area contributed by atoms with E-state index in [1.807, 2.05) is 0 Å². The summed E-state index contributed by atoms with van der Waals surface area (Å²) in [6.07, 6.45) is 5.74. The van der Waals surface area contributed by atoms with Crippen molar-refractivity contribution < 1.29 is 18.0 Å². The van der Waals surface area contributed by atoms with Crippen LogP contribution in [0.5, 0.6) is 0 Å². The molecule has 14 heteroatoms. The Kier molecular flexibility index (Phi) is 8.04. The standard InChI is InChI=1S/C30H25Cl2F2N7O3/c1-15-4-3-5-18(21-10-17(8-9-35-21)29-22(37-30(15)43)12-36-41(29)16(2)33)19-14-44-25(11-24(19)42)27-23(7-6-20(31)28(27)34)40-13-26(32)38-39-40/h6-16,18H,3-5H2,1-2H3,(H,37,43)/t15-,16?,18+/m1/s1. The highest BCUT2D eigenvalue weighted by molar-refractivity contribution is 6.31. The number of carbonyl (C=O) groups excluding carboxylic acids is 1. The second-order valence-electron chi connectivity index (χ2n) is 10.6. The maximum absolute atomic E-state index is 15.4. The zero-order valence-corrected chi connectivity index (χ0v) is 25.0. The van der Waals surface area contributed by atoms with Gasteiger partial charge in [-0.1, -0.05) is 41.8 Å². The second-order valence-corrected chi connectivity index (χ2v) is 11.4. The van der Waals surface area contributed by atoms with E-state index in [2.05, 4.69) is 25.7 Å². The number of carbonyl (C=O) groups is 1. The summed E-state index contributed by atoms with van der Waals surface area (Å²) in [6, 6.07) is 7.49. The molecule has 4 aromatic heterocycles. The van der Waals surface area contributed by atoms with Crippen LogP contribution in [0, 0.1) is 11.7 Å². The first-order chi connectivity index (χ1) is 21.1. The van der Waals surface area contributed by atoms with Crippen molar-refractivity contribution >= 4 is 34.8 Å². The van der Waals surface area contributed by atoms with E-state index >= 15 is 4.39 Å². The Labute approximate surface area is 259 Å². The minimum absolute atomic E-state index is 0.0778. The molecule has 1 amide bonds. The third kappa shape index (κ3) is 5.50. The minimum Gasteiger partial charge on any atom is -0.464 e. The normalized spacial score (nSPS) is 17.7. The summed E-state index contributed by atoms with van der Waals surface area (Å²) < 4.78 is 38.3. The molecule has 6 rings (SSSR count). The van der Waals surface area contributed by atoms with Crippen LogP contribution in [0.4, 0.5) is 14.5 Å². The third-order valence-electron chi connectivity index (χ3n) is 7.65. The zero-order valence-electron chi connectivity index (χ0n) is 23.5. The molecule has 44 heavy (non-hydrogen) atoms. The lowest BCUT2D eigenvalue weighted by molar-refractivity contribution is -0.119. The topological polar surface area (TPSA) is 121 Å². The van der Waals surface area contributed by atoms with Gasteiger partial charge in [0, 0.05) is 40.9 Å². The number of nitrogens with zero attached hydrogens (tertiary/aromatic N) is 6. The van der Waals surface area contributed by atoms with Crippen molar-refractivity contribution in [1.82, 2.24) is 29.8 Å². The molecule has 10 nitrogen and oxygen atoms in total. The Hall–Kier alpha value is -4.42. The summed E-state index contributed by atoms with van der Waals surface area (Å²) >= 11 is 12.0. The fourth-order valence-corrected chi connectivity index (χ4v) is 5.69. The van der Waals surface area contributed by atoms with Gasteiger partial charge in [0.1, 0.15) is 5.76 Å². The molecule has 1 N–H and O–H groups in total. The highest BCUT2D eigenvalue weighted by Gasteiger charge is 2.27. The van der Waals surface area contributed by atoms with Gasteiger partial charge in [-0.25, -0.2) is 18.1 Å². The summed E-state index contributed by atoms with van der Waals surface area (Å²) in [5.41, 5.74) is 1.83. The molecule has 226 valence electrons. The number of anilines is 1. The molecule has 0 saturated carbocycles. The van der Waals surface area contributed by atoms with E-state index in [1.165, 1.54) is 53.1 Å². The summed E-state index contributed by atoms with van der Waals surface area (Å²) in [4.78, 5) is 31.3. The quantitative estimate of drug-likeness (QED) is 0.225. The third-order valence-corrected chi connectivity index (χ3v) is 8.11. The molecule has 3 atom stereocenters. The number of alkyl halides is 1. The molecular weight excluding hydrogens is 615 g/mol. The molecule has 1 unspecified atom stereocenters. The molecular formula is C30H25Cl2F2N7O3. The Balaban J connectivity index is 1.47. The number of halogens is 4. The fraction of sp³-hybridized carbons (Fsp3) is 0.267. The first-order valence-corrected chi connectivity index (χ1v) is 14.6. The summed E-state index contributed by atoms with van der Waals surface area (Å²) in [5, 5.41) is 14.6. The summed E-state index contributed by atoms with van der Waals surface area (Å²) in [7, 11) is 0. The number of hydrogen-bond acceptors (Lipinski definition) is 7. The van der Waals surface area contributed by atoms with Crippen LogP contribution in [0.2, 0.25) is 10.2 Å². The largest absolute Gasteiger partial charge is 0.464 e. The van der Waals surface area contributed by atoms with E-state index < -0.39 is 23.5 Å². The molecule has 0 spiro atoms. The van der Waals surface area contributed by atoms with Crippen LogP contribution in [-0.2, 0) is 4.79 Å². The van der Waals surface area contributed by atoms with Crippen molar-refractivity contribution in [3.8, 4) is 28.3 Å². The van der Waals surface area contributed by atoms with Crippen molar-refractivity contribution in [1.29, 1.82) is 0 Å². The van der Waals surface area contributed by atoms with Gasteiger partial charge in [0.2, 0.25) is 5.91 Å². The molecule has 0 radical (unpaired) electrons. The first-order valence-electron chi connectivity index (χ1n) is 13.8. The number of benzene rings is 1. The summed E-state index contributed by atoms with van der Waals surface area (Å²) in [6.45, 7) is 3.15. The maximum Gasteiger partial charge on any atom is 0.227 e. The average Bonchev–Trinajstić information content (AvgIpc) is 3.62. The Bertz CT molecular complexity index is 1940. The van der Waals surface area contributed by atoms with E-state index in [0.717, 1.165) is 0 Å². The predicted octanol–water partition coefficient (Wildman–Crippen LogP) is 6.97. The van der Waals surface area contributed by atoms with E-state index in [4.69, 9.17) is 27.6 Å². The molecule has 5 heterocycles. The van der Waals surface area contributed by atoms with Gasteiger partial charge >= 0.3 is 0 Å². The average molecular weight is 640 g/mol. The van der Waals surface area contributed by atoms with Crippen LogP contribution in [0.15, 0.2) is 64.4 Å². The zero-order chi connectivity index (χ0) is 31.1. The van der Waals surface area contributed by atoms with Crippen molar-refractivity contribution in [2.45, 2.75) is 45.3 Å². The number of fused-ring (bicyclic) bond motifs is 4. The molecule has 1 aromatic carbocycles. The lowest BCUT2D eigenvalue weighted by Gasteiger charge is -2.21. The lowest BCUT2D eigenvalue weighted by Crippen LogP contribution is -2.22. The molecule has 1 aliphatic rings. The Morgan fingerprint density at radius 3 is 2.70 bits per heavy atom. The van der Waals surface area contributed by atoms with Gasteiger partial charge in [0.05, 0.1) is 46.3 Å². The highest BCUT2D eigenvalue weighted by Crippen LogP contribution is 2.37. The molecule has 5 aromatic rings. The molecule has 0 fully saturated rings. The van der Waals surface area contributed by atoms with E-state index in [1.54, 1.807) is 25.3 Å². The number of rotatable bonds is 4. The van der Waals surface area contributed by atoms with Crippen LogP contribution in [-0.4, -0.2) is 35.7 Å². The van der Waals surface area contributed by atoms with Gasteiger partial charge in [-0.05, 0) is 44.0 Å². The van der Waals surface area contributed by atoms with Crippen molar-refractivity contribution in [3.63, 3.8) is 0 Å². The maximum atomic E-state index is 15.4. The number of hydrogen-bond donors (Lipinski definition) is 1. The van der Waals surface area contributed by atoms with E-state index in [-0.39, 0.29) is 44.6 Å². The monoisotopic (exact) mass is 639 g/mol. The number of aromatic nitrogens is 6. The first kappa shape index (κ1) is 29.6. The van der Waals surface area contributed by atoms with E-state index in [0.29, 0.717) is 41.9 Å². The van der Waals surface area contributed by atoms with Crippen molar-refractivity contribution in [2.75, 3.05) is 5.32 Å².